The summed E-state index contributed by atoms with van der Waals surface area (Å²) < 4.78 is 0. The normalized spacial score (nSPS) is 45.7. The summed E-state index contributed by atoms with van der Waals surface area (Å²) in [6, 6.07) is 1.91. The maximum Gasteiger partial charge on any atom is 0.0151 e. The van der Waals surface area contributed by atoms with Crippen LogP contribution in [0, 0.1) is 5.92 Å². The molecule has 3 aliphatic heterocycles. The fourth-order valence-corrected chi connectivity index (χ4v) is 3.65. The fourth-order valence-electron chi connectivity index (χ4n) is 3.65. The second kappa shape index (κ2) is 3.25. The first-order valence-corrected chi connectivity index (χ1v) is 5.91. The van der Waals surface area contributed by atoms with E-state index in [2.05, 4.69) is 10.2 Å². The molecule has 2 heteroatoms. The van der Waals surface area contributed by atoms with Gasteiger partial charge >= 0.3 is 0 Å². The Morgan fingerprint density at radius 3 is 3.15 bits per heavy atom. The Labute approximate surface area is 80.7 Å². The third-order valence-corrected chi connectivity index (χ3v) is 4.24. The molecule has 74 valence electrons. The van der Waals surface area contributed by atoms with Crippen LogP contribution in [0.1, 0.15) is 32.1 Å². The van der Waals surface area contributed by atoms with Gasteiger partial charge in [-0.15, -0.1) is 0 Å². The van der Waals surface area contributed by atoms with E-state index < -0.39 is 0 Å². The molecule has 0 amide bonds. The van der Waals surface area contributed by atoms with Crippen LogP contribution >= 0.6 is 0 Å². The molecule has 3 aliphatic rings. The Hall–Kier alpha value is -0.0800. The van der Waals surface area contributed by atoms with Crippen molar-refractivity contribution in [1.82, 2.24) is 10.2 Å². The largest absolute Gasteiger partial charge is 0.316 e. The molecule has 0 bridgehead atoms. The summed E-state index contributed by atoms with van der Waals surface area (Å²) in [5, 5.41) is 3.54. The lowest BCUT2D eigenvalue weighted by Gasteiger charge is -2.36. The first-order valence-electron chi connectivity index (χ1n) is 5.91. The molecule has 2 nitrogen and oxygen atoms in total. The minimum absolute atomic E-state index is 0.951. The molecule has 3 fully saturated rings. The maximum atomic E-state index is 3.54. The number of fused-ring (bicyclic) bond motifs is 3. The Morgan fingerprint density at radius 2 is 2.15 bits per heavy atom. The van der Waals surface area contributed by atoms with Gasteiger partial charge in [-0.1, -0.05) is 6.42 Å². The number of hydrogen-bond acceptors (Lipinski definition) is 2. The molecule has 0 radical (unpaired) electrons. The number of nitrogens with one attached hydrogen (secondary N) is 1. The Bertz CT molecular complexity index is 173. The average Bonchev–Trinajstić information content (AvgIpc) is 2.56. The van der Waals surface area contributed by atoms with Gasteiger partial charge in [0.1, 0.15) is 0 Å². The van der Waals surface area contributed by atoms with Gasteiger partial charge in [0.2, 0.25) is 0 Å². The van der Waals surface area contributed by atoms with Gasteiger partial charge in [0, 0.05) is 12.1 Å². The molecule has 0 saturated carbocycles. The molecule has 0 aliphatic carbocycles. The molecular weight excluding hydrogens is 160 g/mol. The van der Waals surface area contributed by atoms with E-state index in [0.29, 0.717) is 0 Å². The van der Waals surface area contributed by atoms with Crippen molar-refractivity contribution in [2.24, 2.45) is 5.92 Å². The van der Waals surface area contributed by atoms with Crippen molar-refractivity contribution in [2.75, 3.05) is 19.6 Å². The molecule has 0 aromatic heterocycles. The summed E-state index contributed by atoms with van der Waals surface area (Å²) in [7, 11) is 0. The highest BCUT2D eigenvalue weighted by Gasteiger charge is 2.42. The predicted octanol–water partition coefficient (Wildman–Crippen LogP) is 1.22. The van der Waals surface area contributed by atoms with Gasteiger partial charge in [-0.05, 0) is 51.2 Å². The lowest BCUT2D eigenvalue weighted by atomic mass is 9.93. The summed E-state index contributed by atoms with van der Waals surface area (Å²) in [4.78, 5) is 2.83. The first kappa shape index (κ1) is 8.25. The molecule has 3 atom stereocenters. The van der Waals surface area contributed by atoms with Crippen molar-refractivity contribution in [3.63, 3.8) is 0 Å². The average molecular weight is 180 g/mol. The highest BCUT2D eigenvalue weighted by atomic mass is 15.2. The van der Waals surface area contributed by atoms with Crippen LogP contribution in [0.25, 0.3) is 0 Å². The number of rotatable bonds is 0. The standard InChI is InChI=1S/C11H20N2/c1-2-6-13-10(3-1)7-9-8-12-5-4-11(9)13/h9-12H,1-8H2. The van der Waals surface area contributed by atoms with E-state index in [0.717, 1.165) is 18.0 Å². The molecule has 1 N–H and O–H groups in total. The smallest absolute Gasteiger partial charge is 0.0151 e. The van der Waals surface area contributed by atoms with Crippen molar-refractivity contribution in [2.45, 2.75) is 44.2 Å². The van der Waals surface area contributed by atoms with Gasteiger partial charge in [0.05, 0.1) is 0 Å². The summed E-state index contributed by atoms with van der Waals surface area (Å²) in [5.74, 6) is 0.983. The van der Waals surface area contributed by atoms with Gasteiger partial charge in [0.25, 0.3) is 0 Å². The minimum atomic E-state index is 0.951. The van der Waals surface area contributed by atoms with Crippen molar-refractivity contribution < 1.29 is 0 Å². The van der Waals surface area contributed by atoms with E-state index in [-0.39, 0.29) is 0 Å². The molecule has 13 heavy (non-hydrogen) atoms. The fraction of sp³-hybridized carbons (Fsp3) is 1.00. The van der Waals surface area contributed by atoms with Crippen molar-refractivity contribution in [3.8, 4) is 0 Å². The summed E-state index contributed by atoms with van der Waals surface area (Å²) in [6.07, 6.45) is 7.30. The second-order valence-electron chi connectivity index (χ2n) is 4.94. The van der Waals surface area contributed by atoms with Gasteiger partial charge < -0.3 is 5.32 Å². The zero-order valence-electron chi connectivity index (χ0n) is 8.34. The van der Waals surface area contributed by atoms with Gasteiger partial charge in [-0.2, -0.15) is 0 Å². The van der Waals surface area contributed by atoms with Crippen molar-refractivity contribution >= 4 is 0 Å². The number of piperidine rings is 2. The molecule has 3 heterocycles. The highest BCUT2D eigenvalue weighted by molar-refractivity contribution is 4.98. The number of nitrogens with zero attached hydrogens (tertiary/aromatic N) is 1. The van der Waals surface area contributed by atoms with Crippen LogP contribution in [0.4, 0.5) is 0 Å². The second-order valence-corrected chi connectivity index (χ2v) is 4.94. The Balaban J connectivity index is 1.76. The lowest BCUT2D eigenvalue weighted by Crippen LogP contribution is -2.46. The van der Waals surface area contributed by atoms with E-state index in [4.69, 9.17) is 0 Å². The highest BCUT2D eigenvalue weighted by Crippen LogP contribution is 2.37. The summed E-state index contributed by atoms with van der Waals surface area (Å²) >= 11 is 0. The van der Waals surface area contributed by atoms with Crippen LogP contribution in [0.3, 0.4) is 0 Å². The topological polar surface area (TPSA) is 15.3 Å². The maximum absolute atomic E-state index is 3.54. The Morgan fingerprint density at radius 1 is 1.15 bits per heavy atom. The zero-order chi connectivity index (χ0) is 8.67. The summed E-state index contributed by atoms with van der Waals surface area (Å²) in [6.45, 7) is 3.94. The molecule has 0 aromatic rings. The van der Waals surface area contributed by atoms with Crippen LogP contribution in [-0.2, 0) is 0 Å². The SMILES string of the molecule is C1CCN2C(C1)CC1CNCCC12. The third-order valence-electron chi connectivity index (χ3n) is 4.24. The lowest BCUT2D eigenvalue weighted by molar-refractivity contribution is 0.126. The first-order chi connectivity index (χ1) is 6.45. The monoisotopic (exact) mass is 180 g/mol. The predicted molar refractivity (Wildman–Crippen MR) is 53.7 cm³/mol. The minimum Gasteiger partial charge on any atom is -0.316 e. The molecule has 3 rings (SSSR count). The van der Waals surface area contributed by atoms with E-state index in [1.54, 1.807) is 0 Å². The van der Waals surface area contributed by atoms with E-state index in [1.807, 2.05) is 0 Å². The Kier molecular flexibility index (Phi) is 2.06. The van der Waals surface area contributed by atoms with Crippen LogP contribution in [0.5, 0.6) is 0 Å². The third kappa shape index (κ3) is 1.31. The van der Waals surface area contributed by atoms with E-state index in [1.165, 1.54) is 51.7 Å². The molecule has 3 unspecified atom stereocenters. The number of hydrogen-bond donors (Lipinski definition) is 1. The van der Waals surface area contributed by atoms with Crippen LogP contribution in [0.2, 0.25) is 0 Å². The van der Waals surface area contributed by atoms with Crippen LogP contribution < -0.4 is 5.32 Å². The summed E-state index contributed by atoms with van der Waals surface area (Å²) in [5.41, 5.74) is 0. The van der Waals surface area contributed by atoms with E-state index >= 15 is 0 Å². The molecule has 3 saturated heterocycles. The quantitative estimate of drug-likeness (QED) is 0.603. The van der Waals surface area contributed by atoms with Gasteiger partial charge in [0.15, 0.2) is 0 Å². The molecule has 0 spiro atoms. The van der Waals surface area contributed by atoms with Crippen LogP contribution in [0.15, 0.2) is 0 Å². The zero-order valence-corrected chi connectivity index (χ0v) is 8.34. The molecule has 0 aromatic carbocycles. The van der Waals surface area contributed by atoms with Gasteiger partial charge in [-0.25, -0.2) is 0 Å². The van der Waals surface area contributed by atoms with Crippen LogP contribution in [-0.4, -0.2) is 36.6 Å². The van der Waals surface area contributed by atoms with Crippen molar-refractivity contribution in [3.05, 3.63) is 0 Å². The van der Waals surface area contributed by atoms with E-state index in [9.17, 15) is 0 Å². The van der Waals surface area contributed by atoms with Gasteiger partial charge in [-0.3, -0.25) is 4.90 Å². The molecular formula is C11H20N2. The van der Waals surface area contributed by atoms with Crippen molar-refractivity contribution in [1.29, 1.82) is 0 Å².